The third-order valence-electron chi connectivity index (χ3n) is 0. The average Bonchev–Trinajstić information content (AvgIpc) is 0.918. The van der Waals surface area contributed by atoms with E-state index in [1.807, 2.05) is 0 Å². The minimum absolute atomic E-state index is 0. The van der Waals surface area contributed by atoms with Crippen molar-refractivity contribution in [1.82, 2.24) is 6.15 Å². The predicted molar refractivity (Wildman–Crippen MR) is 20.7 cm³/mol. The molecule has 0 amide bonds. The summed E-state index contributed by atoms with van der Waals surface area (Å²) < 4.78 is 0. The zero-order chi connectivity index (χ0) is 2.71. The van der Waals surface area contributed by atoms with Crippen LogP contribution in [0.1, 0.15) is 1.43 Å². The molecule has 0 aliphatic carbocycles. The molecule has 0 fully saturated rings. The van der Waals surface area contributed by atoms with Gasteiger partial charge in [0, 0.05) is 0 Å². The van der Waals surface area contributed by atoms with Gasteiger partial charge in [0.15, 0.2) is 0 Å². The Hall–Kier alpha value is 0.800. The summed E-state index contributed by atoms with van der Waals surface area (Å²) >= 11 is 3.09. The molecule has 0 rings (SSSR count). The maximum atomic E-state index is 7.18. The second-order valence-electron chi connectivity index (χ2n) is 0.100. The van der Waals surface area contributed by atoms with Crippen LogP contribution in [0.15, 0.2) is 0 Å². The van der Waals surface area contributed by atoms with Crippen molar-refractivity contribution < 1.29 is 31.0 Å². The molecule has 0 aromatic heterocycles. The Morgan fingerprint density at radius 1 is 1.80 bits per heavy atom. The predicted octanol–water partition coefficient (Wildman–Crippen LogP) is -2.32. The number of thiol groups is 1. The van der Waals surface area contributed by atoms with Gasteiger partial charge in [-0.3, -0.25) is 0 Å². The van der Waals surface area contributed by atoms with Gasteiger partial charge in [0.2, 0.25) is 0 Å². The molecule has 0 radical (unpaired) electrons. The van der Waals surface area contributed by atoms with Gasteiger partial charge in [-0.15, -0.1) is 0 Å². The van der Waals surface area contributed by atoms with Crippen LogP contribution in [-0.4, -0.2) is 0 Å². The number of nitrogens with zero attached hydrogens (tertiary/aromatic N) is 1. The summed E-state index contributed by atoms with van der Waals surface area (Å²) in [4.78, 5) is 0. The molecule has 5 heavy (non-hydrogen) atoms. The fourth-order valence-electron chi connectivity index (χ4n) is 0. The molecule has 0 aliphatic heterocycles. The van der Waals surface area contributed by atoms with Crippen molar-refractivity contribution in [3.63, 3.8) is 0 Å². The first-order valence-electron chi connectivity index (χ1n) is 0.447. The standard InChI is InChI=1S/CHNS.H3N.Na.H/c2-1-3;;;/h3H;1H3;;/q;;+1;-1. The molecule has 0 atom stereocenters. The molecular weight excluding hydrogens is 95.1 g/mol. The van der Waals surface area contributed by atoms with E-state index in [1.165, 1.54) is 5.40 Å². The molecule has 0 aromatic carbocycles. The molecule has 0 unspecified atom stereocenters. The minimum atomic E-state index is 0. The van der Waals surface area contributed by atoms with Crippen molar-refractivity contribution in [3.05, 3.63) is 0 Å². The van der Waals surface area contributed by atoms with Crippen molar-refractivity contribution in [2.75, 3.05) is 0 Å². The van der Waals surface area contributed by atoms with Crippen LogP contribution < -0.4 is 35.7 Å². The van der Waals surface area contributed by atoms with Crippen LogP contribution in [0.5, 0.6) is 0 Å². The smallest absolute Gasteiger partial charge is 1.00 e. The summed E-state index contributed by atoms with van der Waals surface area (Å²) in [7, 11) is 0. The number of hydrogen-bond donors (Lipinski definition) is 2. The molecular formula is CH5N2NaS. The summed E-state index contributed by atoms with van der Waals surface area (Å²) in [6.45, 7) is 0. The van der Waals surface area contributed by atoms with E-state index in [9.17, 15) is 0 Å². The van der Waals surface area contributed by atoms with Crippen molar-refractivity contribution in [2.45, 2.75) is 0 Å². The second kappa shape index (κ2) is 21.4. The fraction of sp³-hybridized carbons (Fsp3) is 0. The Morgan fingerprint density at radius 3 is 1.80 bits per heavy atom. The van der Waals surface area contributed by atoms with E-state index < -0.39 is 0 Å². The summed E-state index contributed by atoms with van der Waals surface area (Å²) in [6.07, 6.45) is 0. The first-order valence-corrected chi connectivity index (χ1v) is 0.894. The average molecular weight is 100 g/mol. The van der Waals surface area contributed by atoms with Crippen molar-refractivity contribution in [2.24, 2.45) is 0 Å². The molecule has 3 N–H and O–H groups in total. The summed E-state index contributed by atoms with van der Waals surface area (Å²) in [6, 6.07) is 0. The Kier molecular flexibility index (Phi) is 72.9. The molecule has 0 saturated heterocycles. The van der Waals surface area contributed by atoms with E-state index in [0.29, 0.717) is 0 Å². The van der Waals surface area contributed by atoms with Crippen molar-refractivity contribution in [3.8, 4) is 5.40 Å². The third-order valence-corrected chi connectivity index (χ3v) is 0. The second-order valence-corrected chi connectivity index (χ2v) is 0.300. The minimum Gasteiger partial charge on any atom is -1.00 e. The van der Waals surface area contributed by atoms with Gasteiger partial charge in [-0.05, 0) is 0 Å². The van der Waals surface area contributed by atoms with Gasteiger partial charge in [-0.2, -0.15) is 5.26 Å². The van der Waals surface area contributed by atoms with Gasteiger partial charge in [0.05, 0.1) is 0 Å². The van der Waals surface area contributed by atoms with Crippen LogP contribution in [0.2, 0.25) is 0 Å². The van der Waals surface area contributed by atoms with Crippen LogP contribution in [0.4, 0.5) is 0 Å². The van der Waals surface area contributed by atoms with Crippen LogP contribution in [-0.2, 0) is 0 Å². The van der Waals surface area contributed by atoms with E-state index in [-0.39, 0.29) is 37.1 Å². The van der Waals surface area contributed by atoms with Gasteiger partial charge in [-0.25, -0.2) is 0 Å². The van der Waals surface area contributed by atoms with E-state index in [4.69, 9.17) is 5.26 Å². The summed E-state index contributed by atoms with van der Waals surface area (Å²) in [5, 5.41) is 8.63. The molecule has 0 aromatic rings. The molecule has 0 heterocycles. The molecule has 0 bridgehead atoms. The van der Waals surface area contributed by atoms with Crippen LogP contribution in [0, 0.1) is 10.7 Å². The van der Waals surface area contributed by atoms with Gasteiger partial charge in [0.1, 0.15) is 5.40 Å². The van der Waals surface area contributed by atoms with Crippen LogP contribution in [0.3, 0.4) is 0 Å². The summed E-state index contributed by atoms with van der Waals surface area (Å²) in [5.74, 6) is 0. The SMILES string of the molecule is N.N#CS.[H-].[Na+]. The molecule has 0 saturated carbocycles. The molecule has 0 spiro atoms. The van der Waals surface area contributed by atoms with E-state index in [1.54, 1.807) is 0 Å². The zero-order valence-corrected chi connectivity index (χ0v) is 6.00. The van der Waals surface area contributed by atoms with E-state index >= 15 is 0 Å². The largest absolute Gasteiger partial charge is 1.00 e. The number of thiocyanates is 1. The van der Waals surface area contributed by atoms with Gasteiger partial charge in [-0.1, -0.05) is 12.6 Å². The normalized spacial score (nSPS) is 1.60. The molecule has 4 heteroatoms. The Morgan fingerprint density at radius 2 is 1.80 bits per heavy atom. The Balaban J connectivity index is -0.00000000667. The summed E-state index contributed by atoms with van der Waals surface area (Å²) in [5.41, 5.74) is 0. The van der Waals surface area contributed by atoms with Crippen LogP contribution >= 0.6 is 12.6 Å². The van der Waals surface area contributed by atoms with Crippen molar-refractivity contribution in [1.29, 1.82) is 5.26 Å². The molecule has 26 valence electrons. The van der Waals surface area contributed by atoms with E-state index in [0.717, 1.165) is 0 Å². The number of nitriles is 1. The molecule has 2 nitrogen and oxygen atoms in total. The molecule has 0 aliphatic rings. The van der Waals surface area contributed by atoms with E-state index in [2.05, 4.69) is 12.6 Å². The Bertz CT molecular complexity index is 35.0. The first-order chi connectivity index (χ1) is 1.41. The number of rotatable bonds is 0. The monoisotopic (exact) mass is 100 g/mol. The first kappa shape index (κ1) is 17.0. The fourth-order valence-corrected chi connectivity index (χ4v) is 0. The Labute approximate surface area is 60.3 Å². The number of hydrogen-bond acceptors (Lipinski definition) is 3. The van der Waals surface area contributed by atoms with Crippen molar-refractivity contribution >= 4 is 12.6 Å². The van der Waals surface area contributed by atoms with Gasteiger partial charge < -0.3 is 7.58 Å². The zero-order valence-electron chi connectivity index (χ0n) is 4.10. The quantitative estimate of drug-likeness (QED) is 0.204. The topological polar surface area (TPSA) is 58.8 Å². The maximum Gasteiger partial charge on any atom is 1.00 e. The van der Waals surface area contributed by atoms with Gasteiger partial charge >= 0.3 is 29.6 Å². The van der Waals surface area contributed by atoms with Crippen LogP contribution in [0.25, 0.3) is 0 Å². The van der Waals surface area contributed by atoms with Gasteiger partial charge in [0.25, 0.3) is 0 Å². The third kappa shape index (κ3) is 58.8. The maximum absolute atomic E-state index is 7.18.